The molecule has 1 fully saturated rings. The maximum absolute atomic E-state index is 5.76. The lowest BCUT2D eigenvalue weighted by molar-refractivity contribution is -0.0192. The van der Waals surface area contributed by atoms with E-state index in [1.165, 1.54) is 0 Å². The number of aromatic nitrogens is 2. The number of rotatable bonds is 5. The molecule has 6 heteroatoms. The number of ether oxygens (including phenoxy) is 1. The smallest absolute Gasteiger partial charge is 0.134 e. The molecular weight excluding hydrogens is 242 g/mol. The third-order valence-electron chi connectivity index (χ3n) is 3.49. The van der Waals surface area contributed by atoms with E-state index >= 15 is 0 Å². The van der Waals surface area contributed by atoms with Crippen molar-refractivity contribution in [2.45, 2.75) is 20.0 Å². The monoisotopic (exact) mass is 265 g/mol. The lowest BCUT2D eigenvalue weighted by Gasteiger charge is -2.32. The van der Waals surface area contributed by atoms with Crippen LogP contribution in [0.4, 0.5) is 11.6 Å². The van der Waals surface area contributed by atoms with Gasteiger partial charge in [-0.1, -0.05) is 6.92 Å². The summed E-state index contributed by atoms with van der Waals surface area (Å²) >= 11 is 0. The molecule has 1 unspecified atom stereocenters. The standard InChI is InChI=1S/C13H23N5O/c1-4-18-5-6-19-11(8-18)7-15-13-10(2)12(14-3)16-9-17-13/h9,11H,4-8H2,1-3H3,(H2,14,15,16,17). The van der Waals surface area contributed by atoms with E-state index in [0.29, 0.717) is 0 Å². The number of nitrogens with zero attached hydrogens (tertiary/aromatic N) is 3. The van der Waals surface area contributed by atoms with Crippen molar-refractivity contribution in [2.24, 2.45) is 0 Å². The van der Waals surface area contributed by atoms with Crippen LogP contribution in [0.1, 0.15) is 12.5 Å². The van der Waals surface area contributed by atoms with Crippen LogP contribution in [-0.4, -0.2) is 60.8 Å². The molecule has 0 saturated carbocycles. The molecular formula is C13H23N5O. The highest BCUT2D eigenvalue weighted by atomic mass is 16.5. The third-order valence-corrected chi connectivity index (χ3v) is 3.49. The molecule has 0 bridgehead atoms. The quantitative estimate of drug-likeness (QED) is 0.827. The molecule has 6 nitrogen and oxygen atoms in total. The van der Waals surface area contributed by atoms with Gasteiger partial charge in [-0.3, -0.25) is 4.90 Å². The fourth-order valence-corrected chi connectivity index (χ4v) is 2.28. The number of nitrogens with one attached hydrogen (secondary N) is 2. The van der Waals surface area contributed by atoms with Crippen molar-refractivity contribution < 1.29 is 4.74 Å². The summed E-state index contributed by atoms with van der Waals surface area (Å²) in [6.07, 6.45) is 1.79. The van der Waals surface area contributed by atoms with E-state index < -0.39 is 0 Å². The zero-order valence-electron chi connectivity index (χ0n) is 11.9. The maximum Gasteiger partial charge on any atom is 0.134 e. The Morgan fingerprint density at radius 3 is 2.95 bits per heavy atom. The van der Waals surface area contributed by atoms with Crippen LogP contribution in [0.2, 0.25) is 0 Å². The zero-order valence-corrected chi connectivity index (χ0v) is 11.9. The van der Waals surface area contributed by atoms with Crippen molar-refractivity contribution in [3.8, 4) is 0 Å². The Kier molecular flexibility index (Phi) is 4.93. The summed E-state index contributed by atoms with van der Waals surface area (Å²) in [5, 5.41) is 6.42. The highest BCUT2D eigenvalue weighted by Crippen LogP contribution is 2.17. The molecule has 0 aromatic carbocycles. The minimum atomic E-state index is 0.223. The molecule has 2 heterocycles. The number of likely N-dealkylation sites (N-methyl/N-ethyl adjacent to an activating group) is 1. The molecule has 1 atom stereocenters. The normalized spacial score (nSPS) is 20.3. The van der Waals surface area contributed by atoms with Crippen molar-refractivity contribution >= 4 is 11.6 Å². The first kappa shape index (κ1) is 14.0. The van der Waals surface area contributed by atoms with Gasteiger partial charge >= 0.3 is 0 Å². The molecule has 1 aliphatic heterocycles. The van der Waals surface area contributed by atoms with E-state index in [9.17, 15) is 0 Å². The fourth-order valence-electron chi connectivity index (χ4n) is 2.28. The molecule has 106 valence electrons. The number of hydrogen-bond donors (Lipinski definition) is 2. The van der Waals surface area contributed by atoms with Crippen molar-refractivity contribution in [3.63, 3.8) is 0 Å². The lowest BCUT2D eigenvalue weighted by atomic mass is 10.2. The van der Waals surface area contributed by atoms with Crippen molar-refractivity contribution in [3.05, 3.63) is 11.9 Å². The van der Waals surface area contributed by atoms with Crippen LogP contribution in [0, 0.1) is 6.92 Å². The van der Waals surface area contributed by atoms with E-state index in [2.05, 4.69) is 32.4 Å². The topological polar surface area (TPSA) is 62.3 Å². The van der Waals surface area contributed by atoms with Crippen LogP contribution in [-0.2, 0) is 4.74 Å². The van der Waals surface area contributed by atoms with E-state index in [1.807, 2.05) is 14.0 Å². The summed E-state index contributed by atoms with van der Waals surface area (Å²) < 4.78 is 5.76. The van der Waals surface area contributed by atoms with Gasteiger partial charge in [-0.15, -0.1) is 0 Å². The molecule has 0 amide bonds. The van der Waals surface area contributed by atoms with Gasteiger partial charge in [0.05, 0.1) is 12.7 Å². The van der Waals surface area contributed by atoms with Gasteiger partial charge in [0, 0.05) is 32.2 Å². The molecule has 1 aromatic rings. The minimum absolute atomic E-state index is 0.223. The summed E-state index contributed by atoms with van der Waals surface area (Å²) in [4.78, 5) is 10.9. The summed E-state index contributed by atoms with van der Waals surface area (Å²) in [7, 11) is 1.86. The highest BCUT2D eigenvalue weighted by molar-refractivity contribution is 5.56. The molecule has 1 aliphatic rings. The van der Waals surface area contributed by atoms with E-state index in [1.54, 1.807) is 6.33 Å². The number of anilines is 2. The van der Waals surface area contributed by atoms with Crippen LogP contribution in [0.15, 0.2) is 6.33 Å². The van der Waals surface area contributed by atoms with Crippen LogP contribution >= 0.6 is 0 Å². The average Bonchev–Trinajstić information content (AvgIpc) is 2.46. The first-order valence-electron chi connectivity index (χ1n) is 6.81. The SMILES string of the molecule is CCN1CCOC(CNc2ncnc(NC)c2C)C1. The molecule has 0 spiro atoms. The fraction of sp³-hybridized carbons (Fsp3) is 0.692. The Morgan fingerprint density at radius 2 is 2.21 bits per heavy atom. The van der Waals surface area contributed by atoms with Gasteiger partial charge in [0.2, 0.25) is 0 Å². The summed E-state index contributed by atoms with van der Waals surface area (Å²) in [6, 6.07) is 0. The summed E-state index contributed by atoms with van der Waals surface area (Å²) in [5.41, 5.74) is 1.04. The Labute approximate surface area is 114 Å². The van der Waals surface area contributed by atoms with Crippen LogP contribution in [0.5, 0.6) is 0 Å². The van der Waals surface area contributed by atoms with Gasteiger partial charge < -0.3 is 15.4 Å². The van der Waals surface area contributed by atoms with Crippen LogP contribution < -0.4 is 10.6 Å². The lowest BCUT2D eigenvalue weighted by Crippen LogP contribution is -2.45. The second-order valence-corrected chi connectivity index (χ2v) is 4.71. The first-order chi connectivity index (χ1) is 9.24. The first-order valence-corrected chi connectivity index (χ1v) is 6.81. The van der Waals surface area contributed by atoms with Crippen molar-refractivity contribution in [1.82, 2.24) is 14.9 Å². The zero-order chi connectivity index (χ0) is 13.7. The van der Waals surface area contributed by atoms with E-state index in [0.717, 1.165) is 50.0 Å². The summed E-state index contributed by atoms with van der Waals surface area (Å²) in [5.74, 6) is 1.73. The number of hydrogen-bond acceptors (Lipinski definition) is 6. The van der Waals surface area contributed by atoms with Gasteiger partial charge in [-0.2, -0.15) is 0 Å². The number of morpholine rings is 1. The predicted octanol–water partition coefficient (Wildman–Crippen LogP) is 0.959. The molecule has 19 heavy (non-hydrogen) atoms. The third kappa shape index (κ3) is 3.54. The second kappa shape index (κ2) is 6.68. The Hall–Kier alpha value is -1.40. The summed E-state index contributed by atoms with van der Waals surface area (Å²) in [6.45, 7) is 8.87. The molecule has 0 aliphatic carbocycles. The Bertz CT molecular complexity index is 412. The van der Waals surface area contributed by atoms with Gasteiger partial charge in [0.15, 0.2) is 0 Å². The maximum atomic E-state index is 5.76. The van der Waals surface area contributed by atoms with Gasteiger partial charge in [-0.25, -0.2) is 9.97 Å². The van der Waals surface area contributed by atoms with Crippen LogP contribution in [0.25, 0.3) is 0 Å². The van der Waals surface area contributed by atoms with Crippen molar-refractivity contribution in [1.29, 1.82) is 0 Å². The highest BCUT2D eigenvalue weighted by Gasteiger charge is 2.19. The molecule has 0 radical (unpaired) electrons. The van der Waals surface area contributed by atoms with E-state index in [4.69, 9.17) is 4.74 Å². The largest absolute Gasteiger partial charge is 0.374 e. The van der Waals surface area contributed by atoms with Gasteiger partial charge in [0.25, 0.3) is 0 Å². The second-order valence-electron chi connectivity index (χ2n) is 4.71. The average molecular weight is 265 g/mol. The van der Waals surface area contributed by atoms with E-state index in [-0.39, 0.29) is 6.10 Å². The molecule has 2 rings (SSSR count). The predicted molar refractivity (Wildman–Crippen MR) is 76.7 cm³/mol. The van der Waals surface area contributed by atoms with Crippen molar-refractivity contribution in [2.75, 3.05) is 50.5 Å². The minimum Gasteiger partial charge on any atom is -0.374 e. The molecule has 2 N–H and O–H groups in total. The Morgan fingerprint density at radius 1 is 1.42 bits per heavy atom. The Balaban J connectivity index is 1.91. The molecule has 1 saturated heterocycles. The van der Waals surface area contributed by atoms with Crippen LogP contribution in [0.3, 0.4) is 0 Å². The van der Waals surface area contributed by atoms with Gasteiger partial charge in [-0.05, 0) is 13.5 Å². The van der Waals surface area contributed by atoms with Gasteiger partial charge in [0.1, 0.15) is 18.0 Å². The molecule has 1 aromatic heterocycles.